The Kier molecular flexibility index (Phi) is 4.77. The number of nitrogens with one attached hydrogen (secondary N) is 1. The highest BCUT2D eigenvalue weighted by atomic mass is 35.5. The Morgan fingerprint density at radius 3 is 2.55 bits per heavy atom. The van der Waals surface area contributed by atoms with Crippen LogP contribution in [0.2, 0.25) is 10.0 Å². The van der Waals surface area contributed by atoms with Gasteiger partial charge in [0.15, 0.2) is 0 Å². The molecule has 1 aromatic heterocycles. The highest BCUT2D eigenvalue weighted by Gasteiger charge is 2.17. The van der Waals surface area contributed by atoms with Crippen molar-refractivity contribution in [3.63, 3.8) is 0 Å². The number of hydrogen-bond acceptors (Lipinski definition) is 2. The molecule has 2 aromatic rings. The third-order valence-electron chi connectivity index (χ3n) is 3.41. The summed E-state index contributed by atoms with van der Waals surface area (Å²) in [6.07, 6.45) is 1.07. The van der Waals surface area contributed by atoms with Crippen molar-refractivity contribution in [3.05, 3.63) is 33.4 Å². The lowest BCUT2D eigenvalue weighted by Gasteiger charge is -2.20. The number of anilines is 1. The first-order valence-corrected chi connectivity index (χ1v) is 7.75. The summed E-state index contributed by atoms with van der Waals surface area (Å²) in [5, 5.41) is 5.65. The van der Waals surface area contributed by atoms with Gasteiger partial charge < -0.3 is 5.32 Å². The number of rotatable bonds is 4. The number of pyridine rings is 1. The molecule has 0 aliphatic rings. The molecule has 0 fully saturated rings. The average molecular weight is 311 g/mol. The first kappa shape index (κ1) is 15.4. The van der Waals surface area contributed by atoms with Crippen molar-refractivity contribution >= 4 is 39.8 Å². The molecule has 20 heavy (non-hydrogen) atoms. The van der Waals surface area contributed by atoms with Gasteiger partial charge in [-0.05, 0) is 37.0 Å². The van der Waals surface area contributed by atoms with E-state index in [0.29, 0.717) is 16.0 Å². The number of aromatic nitrogens is 1. The first-order valence-electron chi connectivity index (χ1n) is 6.99. The third-order valence-corrected chi connectivity index (χ3v) is 4.20. The molecule has 1 N–H and O–H groups in total. The van der Waals surface area contributed by atoms with Gasteiger partial charge in [-0.2, -0.15) is 0 Å². The summed E-state index contributed by atoms with van der Waals surface area (Å²) in [5.74, 6) is 0.403. The molecule has 0 radical (unpaired) electrons. The van der Waals surface area contributed by atoms with Crippen molar-refractivity contribution < 1.29 is 0 Å². The van der Waals surface area contributed by atoms with Crippen molar-refractivity contribution in [2.24, 2.45) is 0 Å². The SMILES string of the molecule is CCCNc1c(C(C)C)c(C)nc2c(Cl)c(Cl)ccc12. The van der Waals surface area contributed by atoms with Gasteiger partial charge in [0.2, 0.25) is 0 Å². The van der Waals surface area contributed by atoms with E-state index in [2.05, 4.69) is 31.1 Å². The Morgan fingerprint density at radius 1 is 1.25 bits per heavy atom. The molecule has 2 nitrogen and oxygen atoms in total. The second kappa shape index (κ2) is 6.19. The van der Waals surface area contributed by atoms with E-state index in [-0.39, 0.29) is 0 Å². The van der Waals surface area contributed by atoms with Gasteiger partial charge in [-0.15, -0.1) is 0 Å². The fraction of sp³-hybridized carbons (Fsp3) is 0.438. The van der Waals surface area contributed by atoms with E-state index in [4.69, 9.17) is 23.2 Å². The Morgan fingerprint density at radius 2 is 1.95 bits per heavy atom. The second-order valence-electron chi connectivity index (χ2n) is 5.32. The Balaban J connectivity index is 2.79. The third kappa shape index (κ3) is 2.72. The fourth-order valence-electron chi connectivity index (χ4n) is 2.55. The van der Waals surface area contributed by atoms with Crippen LogP contribution in [0.25, 0.3) is 10.9 Å². The number of aryl methyl sites for hydroxylation is 1. The van der Waals surface area contributed by atoms with E-state index in [9.17, 15) is 0 Å². The lowest BCUT2D eigenvalue weighted by Crippen LogP contribution is -2.08. The second-order valence-corrected chi connectivity index (χ2v) is 6.11. The zero-order valence-electron chi connectivity index (χ0n) is 12.3. The largest absolute Gasteiger partial charge is 0.384 e. The number of halogens is 2. The van der Waals surface area contributed by atoms with Crippen LogP contribution in [0.5, 0.6) is 0 Å². The van der Waals surface area contributed by atoms with Crippen LogP contribution in [0.3, 0.4) is 0 Å². The average Bonchev–Trinajstić information content (AvgIpc) is 2.40. The van der Waals surface area contributed by atoms with Gasteiger partial charge >= 0.3 is 0 Å². The molecule has 1 heterocycles. The van der Waals surface area contributed by atoms with Gasteiger partial charge in [0.05, 0.1) is 15.6 Å². The number of fused-ring (bicyclic) bond motifs is 1. The predicted molar refractivity (Wildman–Crippen MR) is 89.4 cm³/mol. The molecule has 0 aliphatic carbocycles. The minimum Gasteiger partial charge on any atom is -0.384 e. The smallest absolute Gasteiger partial charge is 0.0927 e. The van der Waals surface area contributed by atoms with Crippen LogP contribution in [0.4, 0.5) is 5.69 Å². The number of benzene rings is 1. The lowest BCUT2D eigenvalue weighted by atomic mass is 9.96. The topological polar surface area (TPSA) is 24.9 Å². The molecular formula is C16H20Cl2N2. The van der Waals surface area contributed by atoms with E-state index >= 15 is 0 Å². The van der Waals surface area contributed by atoms with Crippen LogP contribution in [-0.4, -0.2) is 11.5 Å². The summed E-state index contributed by atoms with van der Waals surface area (Å²) in [5.41, 5.74) is 4.18. The summed E-state index contributed by atoms with van der Waals surface area (Å²) in [4.78, 5) is 4.67. The molecule has 0 bridgehead atoms. The van der Waals surface area contributed by atoms with E-state index in [1.165, 1.54) is 5.56 Å². The van der Waals surface area contributed by atoms with Crippen LogP contribution in [0, 0.1) is 6.92 Å². The van der Waals surface area contributed by atoms with E-state index in [1.54, 1.807) is 0 Å². The van der Waals surface area contributed by atoms with Gasteiger partial charge in [0.1, 0.15) is 0 Å². The van der Waals surface area contributed by atoms with Crippen molar-refractivity contribution in [1.29, 1.82) is 0 Å². The Bertz CT molecular complexity index is 636. The molecular weight excluding hydrogens is 291 g/mol. The summed E-state index contributed by atoms with van der Waals surface area (Å²) in [6.45, 7) is 9.48. The summed E-state index contributed by atoms with van der Waals surface area (Å²) in [7, 11) is 0. The monoisotopic (exact) mass is 310 g/mol. The van der Waals surface area contributed by atoms with Gasteiger partial charge in [-0.25, -0.2) is 0 Å². The Labute approximate surface area is 130 Å². The normalized spacial score (nSPS) is 11.3. The molecule has 0 saturated heterocycles. The molecule has 0 aliphatic heterocycles. The quantitative estimate of drug-likeness (QED) is 0.772. The van der Waals surface area contributed by atoms with Crippen LogP contribution in [-0.2, 0) is 0 Å². The van der Waals surface area contributed by atoms with Crippen LogP contribution >= 0.6 is 23.2 Å². The molecule has 0 amide bonds. The molecule has 0 saturated carbocycles. The molecule has 108 valence electrons. The fourth-order valence-corrected chi connectivity index (χ4v) is 2.91. The highest BCUT2D eigenvalue weighted by molar-refractivity contribution is 6.45. The van der Waals surface area contributed by atoms with Crippen LogP contribution < -0.4 is 5.32 Å². The van der Waals surface area contributed by atoms with Crippen molar-refractivity contribution in [2.45, 2.75) is 40.0 Å². The maximum Gasteiger partial charge on any atom is 0.0927 e. The first-order chi connectivity index (χ1) is 9.47. The predicted octanol–water partition coefficient (Wildman–Crippen LogP) is 5.80. The summed E-state index contributed by atoms with van der Waals surface area (Å²) < 4.78 is 0. The number of nitrogens with zero attached hydrogens (tertiary/aromatic N) is 1. The lowest BCUT2D eigenvalue weighted by molar-refractivity contribution is 0.845. The van der Waals surface area contributed by atoms with Gasteiger partial charge in [-0.1, -0.05) is 44.0 Å². The van der Waals surface area contributed by atoms with Crippen LogP contribution in [0.1, 0.15) is 44.4 Å². The Hall–Kier alpha value is -0.990. The molecule has 0 unspecified atom stereocenters. The molecule has 0 spiro atoms. The summed E-state index contributed by atoms with van der Waals surface area (Å²) in [6, 6.07) is 3.84. The van der Waals surface area contributed by atoms with E-state index < -0.39 is 0 Å². The van der Waals surface area contributed by atoms with Gasteiger partial charge in [0.25, 0.3) is 0 Å². The minimum atomic E-state index is 0.403. The number of hydrogen-bond donors (Lipinski definition) is 1. The van der Waals surface area contributed by atoms with Crippen LogP contribution in [0.15, 0.2) is 12.1 Å². The van der Waals surface area contributed by atoms with Gasteiger partial charge in [0, 0.05) is 23.3 Å². The molecule has 2 rings (SSSR count). The molecule has 4 heteroatoms. The van der Waals surface area contributed by atoms with E-state index in [0.717, 1.165) is 35.2 Å². The minimum absolute atomic E-state index is 0.403. The zero-order chi connectivity index (χ0) is 14.9. The summed E-state index contributed by atoms with van der Waals surface area (Å²) >= 11 is 12.4. The zero-order valence-corrected chi connectivity index (χ0v) is 13.9. The molecule has 1 aromatic carbocycles. The van der Waals surface area contributed by atoms with Crippen molar-refractivity contribution in [3.8, 4) is 0 Å². The van der Waals surface area contributed by atoms with Crippen molar-refractivity contribution in [1.82, 2.24) is 4.98 Å². The van der Waals surface area contributed by atoms with Crippen molar-refractivity contribution in [2.75, 3.05) is 11.9 Å². The van der Waals surface area contributed by atoms with E-state index in [1.807, 2.05) is 19.1 Å². The molecule has 0 atom stereocenters. The highest BCUT2D eigenvalue weighted by Crippen LogP contribution is 2.38. The maximum atomic E-state index is 6.31. The maximum absolute atomic E-state index is 6.31. The van der Waals surface area contributed by atoms with Gasteiger partial charge in [-0.3, -0.25) is 4.98 Å². The standard InChI is InChI=1S/C16H20Cl2N2/c1-5-8-19-15-11-6-7-12(17)14(18)16(11)20-10(4)13(15)9(2)3/h6-7,9H,5,8H2,1-4H3,(H,19,20).